The van der Waals surface area contributed by atoms with Gasteiger partial charge in [0, 0.05) is 6.04 Å². The molecule has 1 unspecified atom stereocenters. The molecule has 2 saturated carbocycles. The second-order valence-electron chi connectivity index (χ2n) is 6.54. The summed E-state index contributed by atoms with van der Waals surface area (Å²) in [6.07, 6.45) is 9.70. The lowest BCUT2D eigenvalue weighted by molar-refractivity contribution is 0.319. The van der Waals surface area contributed by atoms with E-state index < -0.39 is 0 Å². The topological polar surface area (TPSA) is 21.3 Å². The Balaban J connectivity index is 1.63. The third-order valence-electron chi connectivity index (χ3n) is 4.94. The van der Waals surface area contributed by atoms with Crippen LogP contribution < -0.4 is 10.1 Å². The molecule has 0 amide bonds. The number of hydrogen-bond donors (Lipinski definition) is 1. The van der Waals surface area contributed by atoms with Gasteiger partial charge in [0.1, 0.15) is 5.75 Å². The summed E-state index contributed by atoms with van der Waals surface area (Å²) in [5.41, 5.74) is 1.43. The van der Waals surface area contributed by atoms with Crippen molar-refractivity contribution in [2.75, 3.05) is 13.7 Å². The molecule has 110 valence electrons. The molecule has 2 aliphatic rings. The Morgan fingerprint density at radius 3 is 2.70 bits per heavy atom. The Bertz CT molecular complexity index is 421. The first kappa shape index (κ1) is 13.9. The number of ether oxygens (including phenoxy) is 1. The zero-order chi connectivity index (χ0) is 13.8. The van der Waals surface area contributed by atoms with Gasteiger partial charge in [0.15, 0.2) is 0 Å². The Morgan fingerprint density at radius 1 is 1.20 bits per heavy atom. The summed E-state index contributed by atoms with van der Waals surface area (Å²) in [4.78, 5) is 0. The predicted molar refractivity (Wildman–Crippen MR) is 83.2 cm³/mol. The van der Waals surface area contributed by atoms with Gasteiger partial charge >= 0.3 is 0 Å². The molecule has 2 aliphatic carbocycles. The van der Waals surface area contributed by atoms with E-state index in [1.54, 1.807) is 7.11 Å². The van der Waals surface area contributed by atoms with Crippen molar-refractivity contribution in [1.82, 2.24) is 5.32 Å². The van der Waals surface area contributed by atoms with Crippen LogP contribution in [0, 0.1) is 11.8 Å². The van der Waals surface area contributed by atoms with Crippen LogP contribution in [0.3, 0.4) is 0 Å². The van der Waals surface area contributed by atoms with Crippen LogP contribution in [0.15, 0.2) is 24.3 Å². The van der Waals surface area contributed by atoms with E-state index >= 15 is 0 Å². The number of benzene rings is 1. The summed E-state index contributed by atoms with van der Waals surface area (Å²) in [6, 6.07) is 9.44. The minimum atomic E-state index is 0.796. The fourth-order valence-electron chi connectivity index (χ4n) is 3.54. The van der Waals surface area contributed by atoms with Crippen molar-refractivity contribution in [3.63, 3.8) is 0 Å². The predicted octanol–water partition coefficient (Wildman–Crippen LogP) is 3.80. The lowest BCUT2D eigenvalue weighted by Gasteiger charge is -2.24. The Hall–Kier alpha value is -1.02. The van der Waals surface area contributed by atoms with Crippen molar-refractivity contribution in [3.05, 3.63) is 29.8 Å². The van der Waals surface area contributed by atoms with Gasteiger partial charge in [0.2, 0.25) is 0 Å². The molecular formula is C18H27NO. The fourth-order valence-corrected chi connectivity index (χ4v) is 3.54. The summed E-state index contributed by atoms with van der Waals surface area (Å²) in [7, 11) is 1.75. The highest BCUT2D eigenvalue weighted by Crippen LogP contribution is 2.34. The van der Waals surface area contributed by atoms with Gasteiger partial charge in [-0.25, -0.2) is 0 Å². The maximum absolute atomic E-state index is 5.35. The standard InChI is InChI=1S/C18H27NO/c1-20-18-8-4-5-14(12-18)11-16(13-19-17-9-10-17)15-6-2-3-7-15/h4-5,8,12,15-17,19H,2-3,6-7,9-11,13H2,1H3. The molecule has 1 aromatic rings. The van der Waals surface area contributed by atoms with Crippen molar-refractivity contribution in [1.29, 1.82) is 0 Å². The molecule has 2 heteroatoms. The molecular weight excluding hydrogens is 246 g/mol. The Labute approximate surface area is 122 Å². The highest BCUT2D eigenvalue weighted by Gasteiger charge is 2.28. The average Bonchev–Trinajstić information content (AvgIpc) is 3.15. The summed E-state index contributed by atoms with van der Waals surface area (Å²) in [6.45, 7) is 1.20. The quantitative estimate of drug-likeness (QED) is 0.816. The van der Waals surface area contributed by atoms with Gasteiger partial charge in [0.25, 0.3) is 0 Å². The SMILES string of the molecule is COc1cccc(CC(CNC2CC2)C2CCCC2)c1. The van der Waals surface area contributed by atoms with Crippen LogP contribution in [0.25, 0.3) is 0 Å². The largest absolute Gasteiger partial charge is 0.497 e. The third kappa shape index (κ3) is 3.76. The first-order valence-electron chi connectivity index (χ1n) is 8.21. The van der Waals surface area contributed by atoms with Crippen LogP contribution in [-0.2, 0) is 6.42 Å². The summed E-state index contributed by atoms with van der Waals surface area (Å²) < 4.78 is 5.35. The zero-order valence-corrected chi connectivity index (χ0v) is 12.6. The van der Waals surface area contributed by atoms with Crippen LogP contribution in [0.5, 0.6) is 5.75 Å². The molecule has 0 aromatic heterocycles. The van der Waals surface area contributed by atoms with Crippen molar-refractivity contribution < 1.29 is 4.74 Å². The second kappa shape index (κ2) is 6.62. The first-order valence-corrected chi connectivity index (χ1v) is 8.21. The minimum Gasteiger partial charge on any atom is -0.497 e. The van der Waals surface area contributed by atoms with E-state index in [-0.39, 0.29) is 0 Å². The van der Waals surface area contributed by atoms with Crippen molar-refractivity contribution in [2.45, 2.75) is 51.0 Å². The minimum absolute atomic E-state index is 0.796. The van der Waals surface area contributed by atoms with E-state index in [0.29, 0.717) is 0 Å². The highest BCUT2D eigenvalue weighted by atomic mass is 16.5. The maximum Gasteiger partial charge on any atom is 0.119 e. The second-order valence-corrected chi connectivity index (χ2v) is 6.54. The van der Waals surface area contributed by atoms with E-state index in [9.17, 15) is 0 Å². The molecule has 0 saturated heterocycles. The smallest absolute Gasteiger partial charge is 0.119 e. The zero-order valence-electron chi connectivity index (χ0n) is 12.6. The molecule has 2 nitrogen and oxygen atoms in total. The summed E-state index contributed by atoms with van der Waals surface area (Å²) in [5.74, 6) is 2.71. The van der Waals surface area contributed by atoms with Gasteiger partial charge in [-0.2, -0.15) is 0 Å². The fraction of sp³-hybridized carbons (Fsp3) is 0.667. The Kier molecular flexibility index (Phi) is 4.62. The number of nitrogens with one attached hydrogen (secondary N) is 1. The molecule has 0 heterocycles. The lowest BCUT2D eigenvalue weighted by atomic mass is 9.85. The molecule has 0 spiro atoms. The molecule has 0 aliphatic heterocycles. The van der Waals surface area contributed by atoms with Crippen LogP contribution in [0.4, 0.5) is 0 Å². The Morgan fingerprint density at radius 2 is 2.00 bits per heavy atom. The van der Waals surface area contributed by atoms with Gasteiger partial charge in [-0.1, -0.05) is 37.8 Å². The van der Waals surface area contributed by atoms with E-state index in [1.165, 1.54) is 57.1 Å². The van der Waals surface area contributed by atoms with E-state index in [2.05, 4.69) is 23.5 Å². The van der Waals surface area contributed by atoms with E-state index in [1.807, 2.05) is 6.07 Å². The molecule has 1 atom stereocenters. The molecule has 3 rings (SSSR count). The van der Waals surface area contributed by atoms with Gasteiger partial charge < -0.3 is 10.1 Å². The average molecular weight is 273 g/mol. The lowest BCUT2D eigenvalue weighted by Crippen LogP contribution is -2.30. The molecule has 0 radical (unpaired) electrons. The molecule has 1 N–H and O–H groups in total. The van der Waals surface area contributed by atoms with Crippen LogP contribution >= 0.6 is 0 Å². The highest BCUT2D eigenvalue weighted by molar-refractivity contribution is 5.28. The van der Waals surface area contributed by atoms with Crippen LogP contribution in [-0.4, -0.2) is 19.7 Å². The van der Waals surface area contributed by atoms with Crippen molar-refractivity contribution >= 4 is 0 Å². The molecule has 0 bridgehead atoms. The third-order valence-corrected chi connectivity index (χ3v) is 4.94. The van der Waals surface area contributed by atoms with E-state index in [4.69, 9.17) is 4.74 Å². The first-order chi connectivity index (χ1) is 9.85. The normalized spacial score (nSPS) is 21.1. The number of rotatable bonds is 7. The van der Waals surface area contributed by atoms with Gasteiger partial charge in [-0.3, -0.25) is 0 Å². The van der Waals surface area contributed by atoms with Gasteiger partial charge in [-0.05, 0) is 55.3 Å². The monoisotopic (exact) mass is 273 g/mol. The van der Waals surface area contributed by atoms with Gasteiger partial charge in [0.05, 0.1) is 7.11 Å². The van der Waals surface area contributed by atoms with Gasteiger partial charge in [-0.15, -0.1) is 0 Å². The van der Waals surface area contributed by atoms with Crippen LogP contribution in [0.1, 0.15) is 44.1 Å². The molecule has 2 fully saturated rings. The molecule has 1 aromatic carbocycles. The molecule has 20 heavy (non-hydrogen) atoms. The maximum atomic E-state index is 5.35. The summed E-state index contributed by atoms with van der Waals surface area (Å²) >= 11 is 0. The number of methoxy groups -OCH3 is 1. The number of hydrogen-bond acceptors (Lipinski definition) is 2. The van der Waals surface area contributed by atoms with Crippen molar-refractivity contribution in [3.8, 4) is 5.75 Å². The summed E-state index contributed by atoms with van der Waals surface area (Å²) in [5, 5.41) is 3.75. The van der Waals surface area contributed by atoms with Crippen molar-refractivity contribution in [2.24, 2.45) is 11.8 Å². The van der Waals surface area contributed by atoms with E-state index in [0.717, 1.165) is 23.6 Å². The van der Waals surface area contributed by atoms with Crippen LogP contribution in [0.2, 0.25) is 0 Å².